The molecule has 0 radical (unpaired) electrons. The van der Waals surface area contributed by atoms with Gasteiger partial charge in [0.2, 0.25) is 10.0 Å². The second-order valence-corrected chi connectivity index (χ2v) is 11.5. The first-order chi connectivity index (χ1) is 23.4. The van der Waals surface area contributed by atoms with E-state index in [9.17, 15) is 30.8 Å². The number of nitrogen functional groups attached to an aromatic ring is 2. The van der Waals surface area contributed by atoms with Crippen LogP contribution in [0.2, 0.25) is 0 Å². The van der Waals surface area contributed by atoms with Crippen LogP contribution < -0.4 is 20.9 Å². The molecule has 20 heteroatoms. The summed E-state index contributed by atoms with van der Waals surface area (Å²) in [5.41, 5.74) is 12.3. The minimum atomic E-state index is -5.08. The van der Waals surface area contributed by atoms with Crippen molar-refractivity contribution in [2.24, 2.45) is 0 Å². The standard InChI is InChI=1S/C24H22F2N6O5S.C4H10O.C2HF3O2/c25-7-2-8-38(35,36)32-17-4-1-3-15(21(17)26)14-9-16-22(18(10-14)37-12-20(33)34)30-24(31-23(16)28)13-5-6-19(27)29-11-13;1-3-5-4-2;3-2(4,5)1(6)7/h1,3-6,9-11,32H,2,7-8,12H2,(H2,27,29)(H,33,34)(H2,28,30,31);3-4H2,1-2H3;(H,6,7). The number of fused-ring (bicyclic) bond motifs is 1. The van der Waals surface area contributed by atoms with Gasteiger partial charge in [0.15, 0.2) is 18.2 Å². The van der Waals surface area contributed by atoms with Gasteiger partial charge in [0.05, 0.1) is 18.1 Å². The van der Waals surface area contributed by atoms with E-state index in [4.69, 9.17) is 35.9 Å². The van der Waals surface area contributed by atoms with Crippen LogP contribution in [0.3, 0.4) is 0 Å². The van der Waals surface area contributed by atoms with Gasteiger partial charge in [-0.05, 0) is 56.2 Å². The monoisotopic (exact) mass is 732 g/mol. The number of ether oxygens (including phenoxy) is 2. The number of nitrogens with one attached hydrogen (secondary N) is 1. The van der Waals surface area contributed by atoms with Crippen LogP contribution >= 0.6 is 0 Å². The molecular formula is C30H33F5N6O8S. The lowest BCUT2D eigenvalue weighted by atomic mass is 10.0. The van der Waals surface area contributed by atoms with Crippen LogP contribution in [0, 0.1) is 5.82 Å². The molecule has 7 N–H and O–H groups in total. The Morgan fingerprint density at radius 3 is 2.18 bits per heavy atom. The number of halogens is 5. The fraction of sp³-hybridized carbons (Fsp3) is 0.300. The third-order valence-electron chi connectivity index (χ3n) is 5.96. The summed E-state index contributed by atoms with van der Waals surface area (Å²) in [5.74, 6) is -5.02. The Balaban J connectivity index is 0.000000620. The minimum Gasteiger partial charge on any atom is -0.480 e. The number of anilines is 3. The van der Waals surface area contributed by atoms with Gasteiger partial charge in [0.25, 0.3) is 0 Å². The van der Waals surface area contributed by atoms with Gasteiger partial charge in [0, 0.05) is 35.9 Å². The van der Waals surface area contributed by atoms with Crippen molar-refractivity contribution < 1.29 is 59.6 Å². The van der Waals surface area contributed by atoms with Crippen molar-refractivity contribution in [1.29, 1.82) is 0 Å². The number of sulfonamides is 1. The maximum atomic E-state index is 15.5. The number of rotatable bonds is 12. The lowest BCUT2D eigenvalue weighted by Gasteiger charge is -2.15. The number of nitrogens with two attached hydrogens (primary N) is 2. The predicted octanol–water partition coefficient (Wildman–Crippen LogP) is 4.90. The number of hydrogen-bond acceptors (Lipinski definition) is 11. The van der Waals surface area contributed by atoms with Crippen LogP contribution in [0.15, 0.2) is 48.7 Å². The normalized spacial score (nSPS) is 11.1. The molecule has 2 heterocycles. The quantitative estimate of drug-likeness (QED) is 0.122. The molecule has 0 saturated carbocycles. The van der Waals surface area contributed by atoms with E-state index in [1.165, 1.54) is 36.5 Å². The van der Waals surface area contributed by atoms with Crippen LogP contribution in [0.25, 0.3) is 33.4 Å². The van der Waals surface area contributed by atoms with Gasteiger partial charge in [-0.3, -0.25) is 9.11 Å². The van der Waals surface area contributed by atoms with Gasteiger partial charge in [0.1, 0.15) is 22.9 Å². The van der Waals surface area contributed by atoms with Crippen molar-refractivity contribution in [2.75, 3.05) is 48.4 Å². The van der Waals surface area contributed by atoms with Crippen molar-refractivity contribution in [1.82, 2.24) is 15.0 Å². The van der Waals surface area contributed by atoms with Gasteiger partial charge in [-0.15, -0.1) is 0 Å². The number of alkyl halides is 4. The third-order valence-corrected chi connectivity index (χ3v) is 7.32. The molecule has 50 heavy (non-hydrogen) atoms. The molecule has 0 aliphatic rings. The summed E-state index contributed by atoms with van der Waals surface area (Å²) in [6.07, 6.45) is -3.88. The number of hydrogen-bond donors (Lipinski definition) is 5. The molecular weight excluding hydrogens is 699 g/mol. The summed E-state index contributed by atoms with van der Waals surface area (Å²) >= 11 is 0. The molecule has 4 aromatic rings. The van der Waals surface area contributed by atoms with E-state index in [0.717, 1.165) is 13.2 Å². The highest BCUT2D eigenvalue weighted by Crippen LogP contribution is 2.37. The minimum absolute atomic E-state index is 0.00709. The Labute approximate surface area is 282 Å². The Kier molecular flexibility index (Phi) is 15.0. The van der Waals surface area contributed by atoms with Crippen molar-refractivity contribution in [3.63, 3.8) is 0 Å². The number of carbonyl (C=O) groups is 2. The molecule has 272 valence electrons. The number of pyridine rings is 1. The Morgan fingerprint density at radius 2 is 1.66 bits per heavy atom. The predicted molar refractivity (Wildman–Crippen MR) is 174 cm³/mol. The molecule has 0 saturated heterocycles. The lowest BCUT2D eigenvalue weighted by Crippen LogP contribution is -2.21. The summed E-state index contributed by atoms with van der Waals surface area (Å²) in [4.78, 5) is 32.8. The first kappa shape index (κ1) is 40.8. The zero-order valence-electron chi connectivity index (χ0n) is 26.5. The molecule has 2 aromatic carbocycles. The average Bonchev–Trinajstić information content (AvgIpc) is 3.04. The Morgan fingerprint density at radius 1 is 1.00 bits per heavy atom. The van der Waals surface area contributed by atoms with E-state index in [1.807, 2.05) is 13.8 Å². The van der Waals surface area contributed by atoms with E-state index >= 15 is 4.39 Å². The highest BCUT2D eigenvalue weighted by molar-refractivity contribution is 7.92. The summed E-state index contributed by atoms with van der Waals surface area (Å²) in [6, 6.07) is 10.0. The van der Waals surface area contributed by atoms with Gasteiger partial charge in [-0.1, -0.05) is 12.1 Å². The Bertz CT molecular complexity index is 1880. The summed E-state index contributed by atoms with van der Waals surface area (Å²) in [5, 5.41) is 16.5. The molecule has 0 aliphatic heterocycles. The van der Waals surface area contributed by atoms with Crippen molar-refractivity contribution in [2.45, 2.75) is 26.4 Å². The fourth-order valence-electron chi connectivity index (χ4n) is 3.80. The number of benzene rings is 2. The van der Waals surface area contributed by atoms with E-state index in [1.54, 1.807) is 12.1 Å². The summed E-state index contributed by atoms with van der Waals surface area (Å²) in [6.45, 7) is 4.11. The first-order valence-electron chi connectivity index (χ1n) is 14.3. The molecule has 0 atom stereocenters. The van der Waals surface area contributed by atoms with Crippen LogP contribution in [0.4, 0.5) is 39.3 Å². The number of carboxylic acid groups (broad SMARTS) is 2. The van der Waals surface area contributed by atoms with Gasteiger partial charge < -0.3 is 31.2 Å². The number of nitrogens with zero attached hydrogens (tertiary/aromatic N) is 3. The molecule has 0 fully saturated rings. The van der Waals surface area contributed by atoms with Crippen LogP contribution in [0.5, 0.6) is 5.75 Å². The van der Waals surface area contributed by atoms with Crippen molar-refractivity contribution in [3.8, 4) is 28.3 Å². The largest absolute Gasteiger partial charge is 0.490 e. The van der Waals surface area contributed by atoms with E-state index in [2.05, 4.69) is 19.7 Å². The SMILES string of the molecule is CCOCC.Nc1ccc(-c2nc(N)c3cc(-c4cccc(NS(=O)(=O)CCCF)c4F)cc(OCC(=O)O)c3n2)cn1.O=C(O)C(F)(F)F. The highest BCUT2D eigenvalue weighted by atomic mass is 32.2. The van der Waals surface area contributed by atoms with E-state index < -0.39 is 53.0 Å². The highest BCUT2D eigenvalue weighted by Gasteiger charge is 2.38. The molecule has 4 rings (SSSR count). The zero-order valence-corrected chi connectivity index (χ0v) is 27.3. The topological polar surface area (TPSA) is 230 Å². The van der Waals surface area contributed by atoms with E-state index in [0.29, 0.717) is 5.56 Å². The van der Waals surface area contributed by atoms with E-state index in [-0.39, 0.29) is 57.3 Å². The number of carboxylic acids is 2. The fourth-order valence-corrected chi connectivity index (χ4v) is 4.88. The summed E-state index contributed by atoms with van der Waals surface area (Å²) < 4.78 is 96.4. The number of aliphatic carboxylic acids is 2. The van der Waals surface area contributed by atoms with Crippen LogP contribution in [0.1, 0.15) is 20.3 Å². The molecule has 2 aromatic heterocycles. The zero-order chi connectivity index (χ0) is 37.6. The maximum Gasteiger partial charge on any atom is 0.490 e. The lowest BCUT2D eigenvalue weighted by molar-refractivity contribution is -0.192. The molecule has 0 spiro atoms. The second kappa shape index (κ2) is 18.4. The van der Waals surface area contributed by atoms with Crippen LogP contribution in [-0.4, -0.2) is 83.9 Å². The maximum absolute atomic E-state index is 15.5. The van der Waals surface area contributed by atoms with Gasteiger partial charge in [-0.2, -0.15) is 13.2 Å². The van der Waals surface area contributed by atoms with Crippen LogP contribution in [-0.2, 0) is 24.3 Å². The average molecular weight is 733 g/mol. The van der Waals surface area contributed by atoms with Crippen molar-refractivity contribution >= 4 is 50.2 Å². The molecule has 0 bridgehead atoms. The second-order valence-electron chi connectivity index (χ2n) is 9.67. The van der Waals surface area contributed by atoms with Crippen molar-refractivity contribution in [3.05, 3.63) is 54.5 Å². The summed E-state index contributed by atoms with van der Waals surface area (Å²) in [7, 11) is -3.99. The molecule has 0 unspecified atom stereocenters. The molecule has 0 amide bonds. The molecule has 14 nitrogen and oxygen atoms in total. The smallest absolute Gasteiger partial charge is 0.480 e. The Hall–Kier alpha value is -5.37. The molecule has 0 aliphatic carbocycles. The number of aromatic nitrogens is 3. The first-order valence-corrected chi connectivity index (χ1v) is 16.0. The van der Waals surface area contributed by atoms with Gasteiger partial charge >= 0.3 is 18.1 Å². The third kappa shape index (κ3) is 12.3. The van der Waals surface area contributed by atoms with Gasteiger partial charge in [-0.25, -0.2) is 37.3 Å².